The zero-order valence-corrected chi connectivity index (χ0v) is 12.8. The van der Waals surface area contributed by atoms with Gasteiger partial charge in [0.2, 0.25) is 0 Å². The zero-order valence-electron chi connectivity index (χ0n) is 12.1. The Hall–Kier alpha value is -1.99. The maximum Gasteiger partial charge on any atom is 0.255 e. The number of carbonyl (C=O) groups is 1. The van der Waals surface area contributed by atoms with Gasteiger partial charge in [0, 0.05) is 38.5 Å². The van der Waals surface area contributed by atoms with Crippen LogP contribution in [0.25, 0.3) is 0 Å². The molecule has 2 aromatic heterocycles. The molecule has 1 N–H and O–H groups in total. The van der Waals surface area contributed by atoms with Crippen molar-refractivity contribution in [3.63, 3.8) is 0 Å². The number of aromatic nitrogens is 4. The first kappa shape index (κ1) is 14.9. The van der Waals surface area contributed by atoms with Crippen LogP contribution in [0.15, 0.2) is 24.8 Å². The summed E-state index contributed by atoms with van der Waals surface area (Å²) < 4.78 is 5.75. The summed E-state index contributed by atoms with van der Waals surface area (Å²) in [6.07, 6.45) is 5.25. The lowest BCUT2D eigenvalue weighted by Crippen LogP contribution is -2.36. The van der Waals surface area contributed by atoms with Crippen LogP contribution < -0.4 is 0 Å². The highest BCUT2D eigenvalue weighted by Gasteiger charge is 2.33. The van der Waals surface area contributed by atoms with E-state index in [1.165, 1.54) is 12.5 Å². The predicted molar refractivity (Wildman–Crippen MR) is 79.7 cm³/mol. The number of hydrogen-bond donors (Lipinski definition) is 1. The van der Waals surface area contributed by atoms with Crippen molar-refractivity contribution in [1.29, 1.82) is 0 Å². The van der Waals surface area contributed by atoms with E-state index in [0.717, 1.165) is 12.2 Å². The van der Waals surface area contributed by atoms with Crippen LogP contribution in [0, 0.1) is 0 Å². The molecule has 0 aromatic carbocycles. The van der Waals surface area contributed by atoms with E-state index in [2.05, 4.69) is 20.2 Å². The van der Waals surface area contributed by atoms with Gasteiger partial charge in [-0.3, -0.25) is 14.9 Å². The van der Waals surface area contributed by atoms with Gasteiger partial charge in [0.1, 0.15) is 12.2 Å². The largest absolute Gasteiger partial charge is 0.376 e. The molecule has 1 saturated heterocycles. The van der Waals surface area contributed by atoms with E-state index >= 15 is 0 Å². The van der Waals surface area contributed by atoms with E-state index in [4.69, 9.17) is 16.3 Å². The number of ether oxygens (including phenoxy) is 1. The normalized spacial score (nSPS) is 21.0. The Kier molecular flexibility index (Phi) is 4.35. The topological polar surface area (TPSA) is 84.0 Å². The van der Waals surface area contributed by atoms with Crippen LogP contribution in [0.5, 0.6) is 0 Å². The third-order valence-electron chi connectivity index (χ3n) is 3.80. The summed E-state index contributed by atoms with van der Waals surface area (Å²) in [7, 11) is 1.73. The minimum atomic E-state index is -0.154. The van der Waals surface area contributed by atoms with Crippen LogP contribution >= 0.6 is 11.6 Å². The van der Waals surface area contributed by atoms with Gasteiger partial charge in [-0.25, -0.2) is 4.98 Å². The van der Waals surface area contributed by atoms with Gasteiger partial charge < -0.3 is 9.64 Å². The average molecular weight is 322 g/mol. The summed E-state index contributed by atoms with van der Waals surface area (Å²) in [5.74, 6) is 0.759. The Labute approximate surface area is 132 Å². The molecule has 0 unspecified atom stereocenters. The lowest BCUT2D eigenvalue weighted by molar-refractivity contribution is 0.0550. The highest BCUT2D eigenvalue weighted by Crippen LogP contribution is 2.29. The molecule has 0 spiro atoms. The van der Waals surface area contributed by atoms with Crippen LogP contribution in [-0.2, 0) is 4.74 Å². The van der Waals surface area contributed by atoms with Gasteiger partial charge in [-0.2, -0.15) is 5.10 Å². The summed E-state index contributed by atoms with van der Waals surface area (Å²) in [6, 6.07) is 1.62. The second-order valence-electron chi connectivity index (χ2n) is 5.22. The molecule has 1 aliphatic heterocycles. The predicted octanol–water partition coefficient (Wildman–Crippen LogP) is 1.50. The molecule has 0 saturated carbocycles. The van der Waals surface area contributed by atoms with Crippen molar-refractivity contribution in [2.24, 2.45) is 0 Å². The molecule has 22 heavy (non-hydrogen) atoms. The molecule has 0 bridgehead atoms. The van der Waals surface area contributed by atoms with Crippen molar-refractivity contribution in [2.75, 3.05) is 20.2 Å². The molecular weight excluding hydrogens is 306 g/mol. The van der Waals surface area contributed by atoms with Crippen molar-refractivity contribution >= 4 is 17.5 Å². The van der Waals surface area contributed by atoms with Gasteiger partial charge in [0.25, 0.3) is 5.91 Å². The second kappa shape index (κ2) is 6.41. The first-order valence-corrected chi connectivity index (χ1v) is 7.36. The van der Waals surface area contributed by atoms with Gasteiger partial charge >= 0.3 is 0 Å². The van der Waals surface area contributed by atoms with Crippen LogP contribution in [-0.4, -0.2) is 57.3 Å². The third kappa shape index (κ3) is 2.95. The molecule has 1 aliphatic rings. The molecule has 0 aliphatic carbocycles. The number of H-pyrrole nitrogens is 1. The number of pyridine rings is 1. The highest BCUT2D eigenvalue weighted by atomic mass is 35.5. The molecule has 3 rings (SSSR count). The standard InChI is InChI=1S/C14H16ClN5O2/c1-20(14(21)9-2-4-16-6-11(9)15)7-12-10(3-5-22-12)13-17-8-18-19-13/h2,4,6,8,10,12H,3,5,7H2,1H3,(H,17,18,19)/t10-,12-/m1/s1. The summed E-state index contributed by atoms with van der Waals surface area (Å²) in [4.78, 5) is 22.2. The van der Waals surface area contributed by atoms with Crippen LogP contribution in [0.4, 0.5) is 0 Å². The molecule has 2 aromatic rings. The third-order valence-corrected chi connectivity index (χ3v) is 4.10. The lowest BCUT2D eigenvalue weighted by atomic mass is 10.0. The van der Waals surface area contributed by atoms with E-state index in [-0.39, 0.29) is 17.9 Å². The lowest BCUT2D eigenvalue weighted by Gasteiger charge is -2.24. The number of amides is 1. The van der Waals surface area contributed by atoms with Crippen LogP contribution in [0.2, 0.25) is 5.02 Å². The number of nitrogens with one attached hydrogen (secondary N) is 1. The zero-order chi connectivity index (χ0) is 15.5. The van der Waals surface area contributed by atoms with Crippen molar-refractivity contribution in [2.45, 2.75) is 18.4 Å². The van der Waals surface area contributed by atoms with Gasteiger partial charge in [-0.1, -0.05) is 11.6 Å². The first-order valence-electron chi connectivity index (χ1n) is 6.98. The quantitative estimate of drug-likeness (QED) is 0.922. The van der Waals surface area contributed by atoms with E-state index < -0.39 is 0 Å². The molecule has 3 heterocycles. The summed E-state index contributed by atoms with van der Waals surface area (Å²) in [5.41, 5.74) is 0.438. The number of nitrogens with zero attached hydrogens (tertiary/aromatic N) is 4. The fourth-order valence-electron chi connectivity index (χ4n) is 2.64. The Morgan fingerprint density at radius 3 is 3.18 bits per heavy atom. The molecule has 2 atom stereocenters. The number of hydrogen-bond acceptors (Lipinski definition) is 5. The minimum Gasteiger partial charge on any atom is -0.376 e. The van der Waals surface area contributed by atoms with Crippen molar-refractivity contribution in [3.05, 3.63) is 41.2 Å². The smallest absolute Gasteiger partial charge is 0.255 e. The molecule has 1 amide bonds. The van der Waals surface area contributed by atoms with Gasteiger partial charge in [-0.05, 0) is 12.5 Å². The number of likely N-dealkylation sites (N-methyl/N-ethyl adjacent to an activating group) is 1. The van der Waals surface area contributed by atoms with Crippen molar-refractivity contribution in [3.8, 4) is 0 Å². The summed E-state index contributed by atoms with van der Waals surface area (Å²) in [5, 5.41) is 7.10. The number of halogens is 1. The summed E-state index contributed by atoms with van der Waals surface area (Å²) in [6.45, 7) is 1.11. The highest BCUT2D eigenvalue weighted by molar-refractivity contribution is 6.33. The van der Waals surface area contributed by atoms with Crippen LogP contribution in [0.1, 0.15) is 28.5 Å². The second-order valence-corrected chi connectivity index (χ2v) is 5.62. The Balaban J connectivity index is 1.70. The van der Waals surface area contributed by atoms with Crippen molar-refractivity contribution in [1.82, 2.24) is 25.1 Å². The minimum absolute atomic E-state index is 0.109. The van der Waals surface area contributed by atoms with E-state index in [9.17, 15) is 4.79 Å². The molecular formula is C14H16ClN5O2. The van der Waals surface area contributed by atoms with E-state index in [0.29, 0.717) is 23.7 Å². The molecule has 7 nitrogen and oxygen atoms in total. The molecule has 116 valence electrons. The van der Waals surface area contributed by atoms with Crippen LogP contribution in [0.3, 0.4) is 0 Å². The fraction of sp³-hybridized carbons (Fsp3) is 0.429. The monoisotopic (exact) mass is 321 g/mol. The maximum absolute atomic E-state index is 12.5. The molecule has 1 fully saturated rings. The van der Waals surface area contributed by atoms with E-state index in [1.54, 1.807) is 24.2 Å². The fourth-order valence-corrected chi connectivity index (χ4v) is 2.84. The number of carbonyl (C=O) groups excluding carboxylic acids is 1. The first-order chi connectivity index (χ1) is 10.7. The van der Waals surface area contributed by atoms with Gasteiger partial charge in [-0.15, -0.1) is 0 Å². The van der Waals surface area contributed by atoms with E-state index in [1.807, 2.05) is 0 Å². The van der Waals surface area contributed by atoms with Crippen molar-refractivity contribution < 1.29 is 9.53 Å². The number of aromatic amines is 1. The van der Waals surface area contributed by atoms with Gasteiger partial charge in [0.15, 0.2) is 0 Å². The average Bonchev–Trinajstić information content (AvgIpc) is 3.17. The summed E-state index contributed by atoms with van der Waals surface area (Å²) >= 11 is 6.03. The molecule has 0 radical (unpaired) electrons. The Bertz CT molecular complexity index is 648. The number of rotatable bonds is 4. The Morgan fingerprint density at radius 1 is 1.59 bits per heavy atom. The maximum atomic E-state index is 12.5. The SMILES string of the molecule is CN(C[C@H]1OCC[C@H]1c1ncn[nH]1)C(=O)c1ccncc1Cl. The molecule has 8 heteroatoms. The van der Waals surface area contributed by atoms with Gasteiger partial charge in [0.05, 0.1) is 16.7 Å². The Morgan fingerprint density at radius 2 is 2.45 bits per heavy atom.